The van der Waals surface area contributed by atoms with Crippen LogP contribution < -0.4 is 10.6 Å². The zero-order valence-corrected chi connectivity index (χ0v) is 10.5. The summed E-state index contributed by atoms with van der Waals surface area (Å²) in [4.78, 5) is 0. The van der Waals surface area contributed by atoms with Crippen molar-refractivity contribution in [2.24, 2.45) is 0 Å². The van der Waals surface area contributed by atoms with Crippen LogP contribution in [0.2, 0.25) is 0 Å². The van der Waals surface area contributed by atoms with Gasteiger partial charge in [-0.25, -0.2) is 4.39 Å². The first kappa shape index (κ1) is 12.1. The topological polar surface area (TPSA) is 17.1 Å². The first-order valence-electron chi connectivity index (χ1n) is 5.58. The zero-order chi connectivity index (χ0) is 12.3. The molecule has 88 valence electrons. The van der Waals surface area contributed by atoms with Crippen molar-refractivity contribution < 1.29 is 8.96 Å². The Hall–Kier alpha value is -1.40. The van der Waals surface area contributed by atoms with Gasteiger partial charge >= 0.3 is 0 Å². The highest BCUT2D eigenvalue weighted by Crippen LogP contribution is 2.43. The highest BCUT2D eigenvalue weighted by atomic mass is 31.2. The van der Waals surface area contributed by atoms with Gasteiger partial charge < -0.3 is 4.57 Å². The van der Waals surface area contributed by atoms with E-state index in [9.17, 15) is 8.96 Å². The molecular formula is C14H14FOP. The van der Waals surface area contributed by atoms with E-state index in [1.807, 2.05) is 25.1 Å². The highest BCUT2D eigenvalue weighted by Gasteiger charge is 2.27. The molecule has 0 fully saturated rings. The minimum Gasteiger partial charge on any atom is -0.314 e. The van der Waals surface area contributed by atoms with Crippen molar-refractivity contribution >= 4 is 17.8 Å². The largest absolute Gasteiger partial charge is 0.314 e. The second-order valence-electron chi connectivity index (χ2n) is 3.84. The molecule has 3 heteroatoms. The zero-order valence-electron chi connectivity index (χ0n) is 9.64. The van der Waals surface area contributed by atoms with E-state index < -0.39 is 7.14 Å². The van der Waals surface area contributed by atoms with Gasteiger partial charge in [0.1, 0.15) is 13.0 Å². The highest BCUT2D eigenvalue weighted by molar-refractivity contribution is 7.78. The monoisotopic (exact) mass is 248 g/mol. The molecule has 0 spiro atoms. The summed E-state index contributed by atoms with van der Waals surface area (Å²) in [7, 11) is -2.82. The molecule has 1 unspecified atom stereocenters. The van der Waals surface area contributed by atoms with Gasteiger partial charge in [0.2, 0.25) is 0 Å². The van der Waals surface area contributed by atoms with Crippen LogP contribution in [0.1, 0.15) is 6.92 Å². The van der Waals surface area contributed by atoms with Crippen LogP contribution in [0.4, 0.5) is 4.39 Å². The average molecular weight is 248 g/mol. The van der Waals surface area contributed by atoms with E-state index in [0.29, 0.717) is 16.8 Å². The Balaban J connectivity index is 2.61. The van der Waals surface area contributed by atoms with Crippen LogP contribution in [0, 0.1) is 5.82 Å². The molecule has 0 radical (unpaired) electrons. The smallest absolute Gasteiger partial charge is 0.145 e. The van der Waals surface area contributed by atoms with Gasteiger partial charge in [-0.15, -0.1) is 0 Å². The summed E-state index contributed by atoms with van der Waals surface area (Å²) >= 11 is 0. The van der Waals surface area contributed by atoms with Gasteiger partial charge in [0, 0.05) is 11.5 Å². The maximum Gasteiger partial charge on any atom is 0.145 e. The molecule has 0 bridgehead atoms. The Bertz CT molecular complexity index is 551. The summed E-state index contributed by atoms with van der Waals surface area (Å²) in [5, 5.41) is 1.04. The Morgan fingerprint density at radius 3 is 2.18 bits per heavy atom. The van der Waals surface area contributed by atoms with Gasteiger partial charge in [-0.05, 0) is 12.1 Å². The molecule has 0 heterocycles. The lowest BCUT2D eigenvalue weighted by Crippen LogP contribution is -2.20. The maximum absolute atomic E-state index is 13.8. The first-order valence-corrected chi connectivity index (χ1v) is 7.47. The van der Waals surface area contributed by atoms with Crippen molar-refractivity contribution in [1.82, 2.24) is 0 Å². The molecule has 2 aromatic carbocycles. The number of benzene rings is 2. The molecule has 1 atom stereocenters. The molecule has 0 saturated carbocycles. The Morgan fingerprint density at radius 2 is 1.59 bits per heavy atom. The summed E-state index contributed by atoms with van der Waals surface area (Å²) < 4.78 is 26.8. The number of rotatable bonds is 3. The molecule has 0 aliphatic heterocycles. The second kappa shape index (κ2) is 4.85. The van der Waals surface area contributed by atoms with E-state index in [1.165, 1.54) is 6.07 Å². The molecule has 1 nitrogen and oxygen atoms in total. The average Bonchev–Trinajstić information content (AvgIpc) is 2.39. The van der Waals surface area contributed by atoms with Crippen LogP contribution in [0.25, 0.3) is 0 Å². The van der Waals surface area contributed by atoms with E-state index in [0.717, 1.165) is 0 Å². The first-order chi connectivity index (χ1) is 8.18. The molecule has 2 rings (SSSR count). The van der Waals surface area contributed by atoms with Gasteiger partial charge in [0.15, 0.2) is 0 Å². The Labute approximate surface area is 101 Å². The number of halogens is 1. The molecule has 0 aliphatic rings. The normalized spacial score (nSPS) is 14.2. The fourth-order valence-electron chi connectivity index (χ4n) is 1.91. The third-order valence-corrected chi connectivity index (χ3v) is 6.02. The van der Waals surface area contributed by atoms with E-state index >= 15 is 0 Å². The molecule has 0 N–H and O–H groups in total. The van der Waals surface area contributed by atoms with E-state index in [-0.39, 0.29) is 5.82 Å². The molecule has 0 saturated heterocycles. The lowest BCUT2D eigenvalue weighted by atomic mass is 10.3. The van der Waals surface area contributed by atoms with Crippen molar-refractivity contribution in [3.05, 3.63) is 60.4 Å². The molecule has 0 aliphatic carbocycles. The summed E-state index contributed by atoms with van der Waals surface area (Å²) in [5.41, 5.74) is 0. The van der Waals surface area contributed by atoms with E-state index in [2.05, 4.69) is 0 Å². The molecule has 17 heavy (non-hydrogen) atoms. The molecule has 0 amide bonds. The predicted octanol–water partition coefficient (Wildman–Crippen LogP) is 3.16. The SMILES string of the molecule is CCP(=O)(c1ccccc1)c1ccccc1F. The van der Waals surface area contributed by atoms with Crippen molar-refractivity contribution in [3.8, 4) is 0 Å². The Morgan fingerprint density at radius 1 is 1.00 bits per heavy atom. The van der Waals surface area contributed by atoms with Gasteiger partial charge in [0.25, 0.3) is 0 Å². The summed E-state index contributed by atoms with van der Waals surface area (Å²) in [6.07, 6.45) is 0.429. The third-order valence-electron chi connectivity index (χ3n) is 2.86. The molecular weight excluding hydrogens is 234 g/mol. The quantitative estimate of drug-likeness (QED) is 0.762. The van der Waals surface area contributed by atoms with E-state index in [4.69, 9.17) is 0 Å². The summed E-state index contributed by atoms with van der Waals surface area (Å²) in [6, 6.07) is 15.5. The van der Waals surface area contributed by atoms with Gasteiger partial charge in [-0.3, -0.25) is 0 Å². The summed E-state index contributed by atoms with van der Waals surface area (Å²) in [5.74, 6) is -0.387. The predicted molar refractivity (Wildman–Crippen MR) is 70.3 cm³/mol. The van der Waals surface area contributed by atoms with Crippen molar-refractivity contribution in [2.75, 3.05) is 6.16 Å². The molecule has 2 aromatic rings. The number of hydrogen-bond donors (Lipinski definition) is 0. The fourth-order valence-corrected chi connectivity index (χ4v) is 4.29. The minimum absolute atomic E-state index is 0.328. The Kier molecular flexibility index (Phi) is 3.44. The third kappa shape index (κ3) is 2.18. The van der Waals surface area contributed by atoms with Crippen LogP contribution >= 0.6 is 7.14 Å². The van der Waals surface area contributed by atoms with Crippen molar-refractivity contribution in [3.63, 3.8) is 0 Å². The second-order valence-corrected chi connectivity index (χ2v) is 6.95. The van der Waals surface area contributed by atoms with Crippen LogP contribution in [0.3, 0.4) is 0 Å². The van der Waals surface area contributed by atoms with Crippen LogP contribution in [0.5, 0.6) is 0 Å². The standard InChI is InChI=1S/C14H14FOP/c1-2-17(16,12-8-4-3-5-9-12)14-11-7-6-10-13(14)15/h3-11H,2H2,1H3. The lowest BCUT2D eigenvalue weighted by molar-refractivity contribution is 0.584. The van der Waals surface area contributed by atoms with Crippen LogP contribution in [-0.4, -0.2) is 6.16 Å². The van der Waals surface area contributed by atoms with Gasteiger partial charge in [-0.1, -0.05) is 49.4 Å². The van der Waals surface area contributed by atoms with Crippen molar-refractivity contribution in [2.45, 2.75) is 6.92 Å². The minimum atomic E-state index is -2.82. The van der Waals surface area contributed by atoms with Gasteiger partial charge in [-0.2, -0.15) is 0 Å². The van der Waals surface area contributed by atoms with Crippen LogP contribution in [-0.2, 0) is 4.57 Å². The van der Waals surface area contributed by atoms with Crippen LogP contribution in [0.15, 0.2) is 54.6 Å². The summed E-state index contributed by atoms with van der Waals surface area (Å²) in [6.45, 7) is 1.83. The molecule has 0 aromatic heterocycles. The van der Waals surface area contributed by atoms with Gasteiger partial charge in [0.05, 0.1) is 5.30 Å². The maximum atomic E-state index is 13.8. The van der Waals surface area contributed by atoms with E-state index in [1.54, 1.807) is 30.3 Å². The van der Waals surface area contributed by atoms with Crippen molar-refractivity contribution in [1.29, 1.82) is 0 Å². The number of hydrogen-bond acceptors (Lipinski definition) is 1. The lowest BCUT2D eigenvalue weighted by Gasteiger charge is -2.17. The fraction of sp³-hybridized carbons (Fsp3) is 0.143.